The molecule has 16 heavy (non-hydrogen) atoms. The molecule has 0 amide bonds. The maximum Gasteiger partial charge on any atom is 0.165 e. The van der Waals surface area contributed by atoms with Gasteiger partial charge in [-0.15, -0.1) is 0 Å². The van der Waals surface area contributed by atoms with E-state index < -0.39 is 0 Å². The fraction of sp³-hybridized carbons (Fsp3) is 0.538. The third-order valence-electron chi connectivity index (χ3n) is 2.59. The molecule has 1 aromatic rings. The summed E-state index contributed by atoms with van der Waals surface area (Å²) >= 11 is 0. The largest absolute Gasteiger partial charge is 0.488 e. The second-order valence-electron chi connectivity index (χ2n) is 4.29. The second-order valence-corrected chi connectivity index (χ2v) is 4.29. The molecule has 0 saturated carbocycles. The maximum absolute atomic E-state index is 13.4. The molecule has 2 atom stereocenters. The SMILES string of the molecule is CNC(C)CC(C)Oc1cc(C)ccc1F. The molecular weight excluding hydrogens is 205 g/mol. The van der Waals surface area contributed by atoms with Gasteiger partial charge >= 0.3 is 0 Å². The molecule has 0 heterocycles. The summed E-state index contributed by atoms with van der Waals surface area (Å²) in [4.78, 5) is 0. The molecule has 0 fully saturated rings. The third-order valence-corrected chi connectivity index (χ3v) is 2.59. The molecule has 1 rings (SSSR count). The molecule has 0 aromatic heterocycles. The van der Waals surface area contributed by atoms with Crippen molar-refractivity contribution in [2.75, 3.05) is 7.05 Å². The molecule has 0 radical (unpaired) electrons. The molecule has 0 bridgehead atoms. The Labute approximate surface area is 96.8 Å². The van der Waals surface area contributed by atoms with Gasteiger partial charge in [0.1, 0.15) is 0 Å². The first kappa shape index (κ1) is 13.0. The molecule has 0 spiro atoms. The molecule has 2 nitrogen and oxygen atoms in total. The maximum atomic E-state index is 13.4. The van der Waals surface area contributed by atoms with Crippen LogP contribution < -0.4 is 10.1 Å². The van der Waals surface area contributed by atoms with Crippen LogP contribution in [0.25, 0.3) is 0 Å². The van der Waals surface area contributed by atoms with Gasteiger partial charge in [0.15, 0.2) is 11.6 Å². The highest BCUT2D eigenvalue weighted by Gasteiger charge is 2.11. The Morgan fingerprint density at radius 1 is 1.38 bits per heavy atom. The van der Waals surface area contributed by atoms with Crippen LogP contribution in [0.3, 0.4) is 0 Å². The molecule has 3 heteroatoms. The van der Waals surface area contributed by atoms with Crippen LogP contribution in [-0.4, -0.2) is 19.2 Å². The Morgan fingerprint density at radius 2 is 2.06 bits per heavy atom. The minimum Gasteiger partial charge on any atom is -0.488 e. The van der Waals surface area contributed by atoms with Crippen LogP contribution in [0.5, 0.6) is 5.75 Å². The second kappa shape index (κ2) is 5.85. The summed E-state index contributed by atoms with van der Waals surface area (Å²) in [6.07, 6.45) is 0.850. The van der Waals surface area contributed by atoms with E-state index in [-0.39, 0.29) is 11.9 Å². The van der Waals surface area contributed by atoms with E-state index in [0.717, 1.165) is 12.0 Å². The van der Waals surface area contributed by atoms with Crippen LogP contribution in [0.15, 0.2) is 18.2 Å². The van der Waals surface area contributed by atoms with Crippen LogP contribution in [-0.2, 0) is 0 Å². The summed E-state index contributed by atoms with van der Waals surface area (Å²) in [6.45, 7) is 5.95. The predicted molar refractivity (Wildman–Crippen MR) is 64.4 cm³/mol. The lowest BCUT2D eigenvalue weighted by Crippen LogP contribution is -2.28. The smallest absolute Gasteiger partial charge is 0.165 e. The standard InChI is InChI=1S/C13H20FNO/c1-9-5-6-12(14)13(7-9)16-11(3)8-10(2)15-4/h5-7,10-11,15H,8H2,1-4H3. The predicted octanol–water partition coefficient (Wildman–Crippen LogP) is 2.90. The molecule has 2 unspecified atom stereocenters. The van der Waals surface area contributed by atoms with Gasteiger partial charge in [0.05, 0.1) is 6.10 Å². The zero-order valence-corrected chi connectivity index (χ0v) is 10.4. The zero-order chi connectivity index (χ0) is 12.1. The van der Waals surface area contributed by atoms with Gasteiger partial charge < -0.3 is 10.1 Å². The lowest BCUT2D eigenvalue weighted by molar-refractivity contribution is 0.189. The van der Waals surface area contributed by atoms with Gasteiger partial charge in [-0.1, -0.05) is 6.07 Å². The van der Waals surface area contributed by atoms with E-state index in [9.17, 15) is 4.39 Å². The number of hydrogen-bond donors (Lipinski definition) is 1. The quantitative estimate of drug-likeness (QED) is 0.832. The fourth-order valence-corrected chi connectivity index (χ4v) is 1.58. The zero-order valence-electron chi connectivity index (χ0n) is 10.4. The molecule has 0 aliphatic rings. The van der Waals surface area contributed by atoms with Crippen LogP contribution in [0.4, 0.5) is 4.39 Å². The first-order valence-corrected chi connectivity index (χ1v) is 5.63. The number of nitrogens with one attached hydrogen (secondary N) is 1. The Kier molecular flexibility index (Phi) is 4.74. The normalized spacial score (nSPS) is 14.6. The highest BCUT2D eigenvalue weighted by atomic mass is 19.1. The molecular formula is C13H20FNO. The molecule has 1 aromatic carbocycles. The lowest BCUT2D eigenvalue weighted by Gasteiger charge is -2.19. The van der Waals surface area contributed by atoms with Gasteiger partial charge in [-0.2, -0.15) is 0 Å². The van der Waals surface area contributed by atoms with Crippen molar-refractivity contribution in [3.8, 4) is 5.75 Å². The van der Waals surface area contributed by atoms with Crippen molar-refractivity contribution in [2.45, 2.75) is 39.3 Å². The monoisotopic (exact) mass is 225 g/mol. The number of ether oxygens (including phenoxy) is 1. The number of rotatable bonds is 5. The van der Waals surface area contributed by atoms with Gasteiger partial charge in [0.25, 0.3) is 0 Å². The fourth-order valence-electron chi connectivity index (χ4n) is 1.58. The number of halogens is 1. The van der Waals surface area contributed by atoms with Gasteiger partial charge in [-0.25, -0.2) is 4.39 Å². The molecule has 1 N–H and O–H groups in total. The minimum atomic E-state index is -0.297. The van der Waals surface area contributed by atoms with E-state index >= 15 is 0 Å². The molecule has 0 saturated heterocycles. The van der Waals surface area contributed by atoms with Crippen molar-refractivity contribution in [3.05, 3.63) is 29.6 Å². The number of benzene rings is 1. The third kappa shape index (κ3) is 3.81. The minimum absolute atomic E-state index is 0.00116. The number of aryl methyl sites for hydroxylation is 1. The average Bonchev–Trinajstić information content (AvgIpc) is 2.23. The average molecular weight is 225 g/mol. The Morgan fingerprint density at radius 3 is 2.69 bits per heavy atom. The van der Waals surface area contributed by atoms with E-state index in [1.807, 2.05) is 20.9 Å². The highest BCUT2D eigenvalue weighted by molar-refractivity contribution is 5.29. The molecule has 0 aliphatic heterocycles. The van der Waals surface area contributed by atoms with E-state index in [2.05, 4.69) is 12.2 Å². The van der Waals surface area contributed by atoms with Crippen molar-refractivity contribution in [3.63, 3.8) is 0 Å². The van der Waals surface area contributed by atoms with Crippen LogP contribution in [0.2, 0.25) is 0 Å². The Hall–Kier alpha value is -1.09. The Balaban J connectivity index is 2.61. The van der Waals surface area contributed by atoms with Crippen molar-refractivity contribution < 1.29 is 9.13 Å². The van der Waals surface area contributed by atoms with Crippen LogP contribution >= 0.6 is 0 Å². The Bertz CT molecular complexity index is 341. The van der Waals surface area contributed by atoms with E-state index in [4.69, 9.17) is 4.74 Å². The first-order valence-electron chi connectivity index (χ1n) is 5.63. The van der Waals surface area contributed by atoms with Gasteiger partial charge in [0, 0.05) is 6.04 Å². The van der Waals surface area contributed by atoms with E-state index in [0.29, 0.717) is 11.8 Å². The van der Waals surface area contributed by atoms with Crippen molar-refractivity contribution in [1.82, 2.24) is 5.32 Å². The van der Waals surface area contributed by atoms with Gasteiger partial charge in [0.2, 0.25) is 0 Å². The summed E-state index contributed by atoms with van der Waals surface area (Å²) in [5, 5.41) is 3.13. The highest BCUT2D eigenvalue weighted by Crippen LogP contribution is 2.20. The van der Waals surface area contributed by atoms with E-state index in [1.54, 1.807) is 12.1 Å². The summed E-state index contributed by atoms with van der Waals surface area (Å²) in [6, 6.07) is 5.28. The summed E-state index contributed by atoms with van der Waals surface area (Å²) in [7, 11) is 1.91. The van der Waals surface area contributed by atoms with Gasteiger partial charge in [-0.05, 0) is 51.9 Å². The summed E-state index contributed by atoms with van der Waals surface area (Å²) in [5.74, 6) is 0.0466. The molecule has 90 valence electrons. The van der Waals surface area contributed by atoms with Crippen molar-refractivity contribution >= 4 is 0 Å². The van der Waals surface area contributed by atoms with Crippen LogP contribution in [0.1, 0.15) is 25.8 Å². The van der Waals surface area contributed by atoms with Crippen molar-refractivity contribution in [1.29, 1.82) is 0 Å². The van der Waals surface area contributed by atoms with E-state index in [1.165, 1.54) is 6.07 Å². The van der Waals surface area contributed by atoms with Crippen molar-refractivity contribution in [2.24, 2.45) is 0 Å². The molecule has 0 aliphatic carbocycles. The number of hydrogen-bond acceptors (Lipinski definition) is 2. The van der Waals surface area contributed by atoms with Crippen LogP contribution in [0, 0.1) is 12.7 Å². The first-order chi connectivity index (χ1) is 7.52. The summed E-state index contributed by atoms with van der Waals surface area (Å²) in [5.41, 5.74) is 1.00. The lowest BCUT2D eigenvalue weighted by atomic mass is 10.1. The topological polar surface area (TPSA) is 21.3 Å². The van der Waals surface area contributed by atoms with Gasteiger partial charge in [-0.3, -0.25) is 0 Å². The summed E-state index contributed by atoms with van der Waals surface area (Å²) < 4.78 is 19.0.